The van der Waals surface area contributed by atoms with Gasteiger partial charge in [0.05, 0.1) is 11.5 Å². The first-order valence-corrected chi connectivity index (χ1v) is 10.4. The minimum atomic E-state index is -2.78. The van der Waals surface area contributed by atoms with Crippen LogP contribution < -0.4 is 0 Å². The van der Waals surface area contributed by atoms with E-state index < -0.39 is 9.84 Å². The second-order valence-electron chi connectivity index (χ2n) is 6.99. The average Bonchev–Trinajstić information content (AvgIpc) is 3.13. The topological polar surface area (TPSA) is 37.4 Å². The zero-order valence-electron chi connectivity index (χ0n) is 13.3. The van der Waals surface area contributed by atoms with Crippen molar-refractivity contribution in [2.24, 2.45) is 5.92 Å². The Labute approximate surface area is 138 Å². The van der Waals surface area contributed by atoms with Gasteiger partial charge in [0.15, 0.2) is 9.84 Å². The van der Waals surface area contributed by atoms with E-state index in [1.165, 1.54) is 29.2 Å². The number of rotatable bonds is 3. The van der Waals surface area contributed by atoms with Crippen molar-refractivity contribution in [2.75, 3.05) is 24.6 Å². The van der Waals surface area contributed by atoms with Crippen LogP contribution in [0.2, 0.25) is 0 Å². The molecule has 2 aliphatic rings. The van der Waals surface area contributed by atoms with E-state index in [1.54, 1.807) is 0 Å². The Morgan fingerprint density at radius 3 is 2.70 bits per heavy atom. The standard InChI is InChI=1S/C19H23NO2S/c21-23(22)12-10-15(14-23)13-20-11-4-9-19(20)18-8-3-6-16-5-1-2-7-17(16)18/h1-3,5-8,15,19H,4,9-14H2. The highest BCUT2D eigenvalue weighted by molar-refractivity contribution is 7.91. The molecule has 0 aromatic heterocycles. The van der Waals surface area contributed by atoms with Gasteiger partial charge in [-0.2, -0.15) is 0 Å². The molecule has 2 saturated heterocycles. The van der Waals surface area contributed by atoms with E-state index in [0.717, 1.165) is 19.5 Å². The molecule has 0 bridgehead atoms. The minimum absolute atomic E-state index is 0.315. The molecule has 2 aliphatic heterocycles. The van der Waals surface area contributed by atoms with Crippen molar-refractivity contribution < 1.29 is 8.42 Å². The van der Waals surface area contributed by atoms with E-state index in [9.17, 15) is 8.42 Å². The van der Waals surface area contributed by atoms with Crippen LogP contribution in [-0.2, 0) is 9.84 Å². The first-order chi connectivity index (χ1) is 11.1. The minimum Gasteiger partial charge on any atom is -0.296 e. The normalized spacial score (nSPS) is 27.7. The second kappa shape index (κ2) is 5.91. The molecule has 2 aromatic rings. The molecule has 122 valence electrons. The lowest BCUT2D eigenvalue weighted by Gasteiger charge is -2.28. The van der Waals surface area contributed by atoms with Gasteiger partial charge >= 0.3 is 0 Å². The van der Waals surface area contributed by atoms with E-state index >= 15 is 0 Å². The van der Waals surface area contributed by atoms with Gasteiger partial charge in [0, 0.05) is 12.6 Å². The van der Waals surface area contributed by atoms with Crippen LogP contribution in [0.15, 0.2) is 42.5 Å². The third kappa shape index (κ3) is 3.02. The van der Waals surface area contributed by atoms with Crippen LogP contribution in [0.1, 0.15) is 30.9 Å². The van der Waals surface area contributed by atoms with Crippen molar-refractivity contribution in [3.05, 3.63) is 48.0 Å². The number of hydrogen-bond acceptors (Lipinski definition) is 3. The molecule has 0 N–H and O–H groups in total. The summed E-state index contributed by atoms with van der Waals surface area (Å²) >= 11 is 0. The quantitative estimate of drug-likeness (QED) is 0.866. The van der Waals surface area contributed by atoms with Crippen molar-refractivity contribution in [2.45, 2.75) is 25.3 Å². The van der Waals surface area contributed by atoms with Gasteiger partial charge in [-0.3, -0.25) is 4.90 Å². The van der Waals surface area contributed by atoms with Crippen LogP contribution in [0.25, 0.3) is 10.8 Å². The molecule has 23 heavy (non-hydrogen) atoms. The van der Waals surface area contributed by atoms with E-state index in [0.29, 0.717) is 23.5 Å². The van der Waals surface area contributed by atoms with Gasteiger partial charge < -0.3 is 0 Å². The lowest BCUT2D eigenvalue weighted by Crippen LogP contribution is -2.30. The lowest BCUT2D eigenvalue weighted by atomic mass is 9.96. The Hall–Kier alpha value is -1.39. The Bertz CT molecular complexity index is 810. The molecule has 2 fully saturated rings. The summed E-state index contributed by atoms with van der Waals surface area (Å²) in [5.74, 6) is 1.08. The average molecular weight is 329 g/mol. The largest absolute Gasteiger partial charge is 0.296 e. The first-order valence-electron chi connectivity index (χ1n) is 8.54. The fourth-order valence-corrected chi connectivity index (χ4v) is 6.13. The second-order valence-corrected chi connectivity index (χ2v) is 9.22. The van der Waals surface area contributed by atoms with E-state index in [4.69, 9.17) is 0 Å². The Kier molecular flexibility index (Phi) is 3.90. The predicted octanol–water partition coefficient (Wildman–Crippen LogP) is 3.41. The molecule has 2 unspecified atom stereocenters. The molecule has 4 rings (SSSR count). The molecule has 0 aliphatic carbocycles. The number of sulfone groups is 1. The molecule has 2 heterocycles. The highest BCUT2D eigenvalue weighted by Crippen LogP contribution is 2.37. The van der Waals surface area contributed by atoms with Gasteiger partial charge in [0.25, 0.3) is 0 Å². The third-order valence-electron chi connectivity index (χ3n) is 5.37. The zero-order chi connectivity index (χ0) is 15.9. The van der Waals surface area contributed by atoms with Gasteiger partial charge in [-0.1, -0.05) is 42.5 Å². The summed E-state index contributed by atoms with van der Waals surface area (Å²) < 4.78 is 23.4. The number of fused-ring (bicyclic) bond motifs is 1. The number of likely N-dealkylation sites (tertiary alicyclic amines) is 1. The first kappa shape index (κ1) is 15.2. The highest BCUT2D eigenvalue weighted by Gasteiger charge is 2.33. The van der Waals surface area contributed by atoms with Crippen molar-refractivity contribution in [1.82, 2.24) is 4.90 Å². The van der Waals surface area contributed by atoms with Gasteiger partial charge in [-0.05, 0) is 48.1 Å². The highest BCUT2D eigenvalue weighted by atomic mass is 32.2. The van der Waals surface area contributed by atoms with Crippen molar-refractivity contribution in [3.63, 3.8) is 0 Å². The number of hydrogen-bond donors (Lipinski definition) is 0. The molecular weight excluding hydrogens is 306 g/mol. The van der Waals surface area contributed by atoms with Crippen molar-refractivity contribution in [3.8, 4) is 0 Å². The summed E-state index contributed by atoms with van der Waals surface area (Å²) in [4.78, 5) is 2.52. The fourth-order valence-electron chi connectivity index (χ4n) is 4.29. The maximum Gasteiger partial charge on any atom is 0.150 e. The summed E-state index contributed by atoms with van der Waals surface area (Å²) in [5.41, 5.74) is 1.40. The molecule has 0 amide bonds. The van der Waals surface area contributed by atoms with Gasteiger partial charge in [-0.25, -0.2) is 8.42 Å². The smallest absolute Gasteiger partial charge is 0.150 e. The van der Waals surface area contributed by atoms with Crippen LogP contribution in [0, 0.1) is 5.92 Å². The van der Waals surface area contributed by atoms with Crippen LogP contribution in [0.5, 0.6) is 0 Å². The maximum absolute atomic E-state index is 11.7. The zero-order valence-corrected chi connectivity index (χ0v) is 14.1. The van der Waals surface area contributed by atoms with Gasteiger partial charge in [-0.15, -0.1) is 0 Å². The molecule has 2 aromatic carbocycles. The van der Waals surface area contributed by atoms with Gasteiger partial charge in [0.2, 0.25) is 0 Å². The molecule has 0 spiro atoms. The van der Waals surface area contributed by atoms with Crippen LogP contribution >= 0.6 is 0 Å². The lowest BCUT2D eigenvalue weighted by molar-refractivity contribution is 0.225. The molecule has 3 nitrogen and oxygen atoms in total. The Morgan fingerprint density at radius 2 is 1.87 bits per heavy atom. The molecular formula is C19H23NO2S. The van der Waals surface area contributed by atoms with E-state index in [2.05, 4.69) is 47.4 Å². The number of nitrogens with zero attached hydrogens (tertiary/aromatic N) is 1. The predicted molar refractivity (Wildman–Crippen MR) is 94.3 cm³/mol. The fraction of sp³-hybridized carbons (Fsp3) is 0.474. The molecule has 4 heteroatoms. The summed E-state index contributed by atoms with van der Waals surface area (Å²) in [6.07, 6.45) is 3.21. The summed E-state index contributed by atoms with van der Waals surface area (Å²) in [5, 5.41) is 2.63. The van der Waals surface area contributed by atoms with Crippen molar-refractivity contribution >= 4 is 20.6 Å². The summed E-state index contributed by atoms with van der Waals surface area (Å²) in [6.45, 7) is 2.01. The van der Waals surface area contributed by atoms with Gasteiger partial charge in [0.1, 0.15) is 0 Å². The monoisotopic (exact) mass is 329 g/mol. The third-order valence-corrected chi connectivity index (χ3v) is 7.20. The molecule has 0 radical (unpaired) electrons. The van der Waals surface area contributed by atoms with Crippen molar-refractivity contribution in [1.29, 1.82) is 0 Å². The van der Waals surface area contributed by atoms with E-state index in [-0.39, 0.29) is 0 Å². The summed E-state index contributed by atoms with van der Waals surface area (Å²) in [7, 11) is -2.78. The van der Waals surface area contributed by atoms with Crippen LogP contribution in [0.4, 0.5) is 0 Å². The summed E-state index contributed by atoms with van der Waals surface area (Å²) in [6, 6.07) is 15.6. The van der Waals surface area contributed by atoms with E-state index in [1.807, 2.05) is 0 Å². The SMILES string of the molecule is O=S1(=O)CCC(CN2CCCC2c2cccc3ccccc23)C1. The van der Waals surface area contributed by atoms with Crippen LogP contribution in [-0.4, -0.2) is 37.9 Å². The van der Waals surface area contributed by atoms with Crippen LogP contribution in [0.3, 0.4) is 0 Å². The Morgan fingerprint density at radius 1 is 1.04 bits per heavy atom. The maximum atomic E-state index is 11.7. The molecule has 2 atom stereocenters. The number of benzene rings is 2. The Balaban J connectivity index is 1.60. The molecule has 0 saturated carbocycles.